The summed E-state index contributed by atoms with van der Waals surface area (Å²) in [5.74, 6) is 1.12. The molecule has 9 heteroatoms. The predicted octanol–water partition coefficient (Wildman–Crippen LogP) is 2.64. The van der Waals surface area contributed by atoms with Crippen LogP contribution in [0.1, 0.15) is 12.7 Å². The number of anilines is 1. The van der Waals surface area contributed by atoms with Crippen molar-refractivity contribution in [2.24, 2.45) is 7.05 Å². The third-order valence-corrected chi connectivity index (χ3v) is 4.48. The number of pyridine rings is 2. The van der Waals surface area contributed by atoms with Gasteiger partial charge in [0, 0.05) is 31.5 Å². The van der Waals surface area contributed by atoms with Crippen molar-refractivity contribution in [3.05, 3.63) is 48.7 Å². The molecular weight excluding hydrogens is 356 g/mol. The van der Waals surface area contributed by atoms with E-state index < -0.39 is 0 Å². The largest absolute Gasteiger partial charge is 0.338 e. The second kappa shape index (κ2) is 7.10. The number of carbonyl (C=O) groups excluding carboxylic acids is 1. The first-order valence-corrected chi connectivity index (χ1v) is 8.91. The number of amides is 2. The zero-order valence-electron chi connectivity index (χ0n) is 15.8. The molecule has 0 spiro atoms. The van der Waals surface area contributed by atoms with Crippen LogP contribution in [-0.4, -0.2) is 41.7 Å². The number of fused-ring (bicyclic) bond motifs is 1. The minimum atomic E-state index is -0.344. The van der Waals surface area contributed by atoms with Gasteiger partial charge in [0.1, 0.15) is 5.82 Å². The number of nitrogens with one attached hydrogen (secondary N) is 2. The Bertz CT molecular complexity index is 1150. The maximum absolute atomic E-state index is 11.9. The van der Waals surface area contributed by atoms with Gasteiger partial charge < -0.3 is 9.88 Å². The van der Waals surface area contributed by atoms with Crippen molar-refractivity contribution in [1.29, 1.82) is 0 Å². The average Bonchev–Trinajstić information content (AvgIpc) is 3.25. The Balaban J connectivity index is 1.89. The molecule has 0 atom stereocenters. The Morgan fingerprint density at radius 2 is 2.04 bits per heavy atom. The van der Waals surface area contributed by atoms with Gasteiger partial charge in [-0.1, -0.05) is 6.07 Å². The summed E-state index contributed by atoms with van der Waals surface area (Å²) in [5, 5.41) is 9.81. The number of urea groups is 1. The van der Waals surface area contributed by atoms with Gasteiger partial charge >= 0.3 is 6.03 Å². The number of imidazole rings is 1. The van der Waals surface area contributed by atoms with Gasteiger partial charge in [0.25, 0.3) is 5.95 Å². The van der Waals surface area contributed by atoms with Crippen LogP contribution in [0.2, 0.25) is 0 Å². The molecule has 0 unspecified atom stereocenters. The number of aromatic nitrogens is 6. The summed E-state index contributed by atoms with van der Waals surface area (Å²) in [6, 6.07) is 7.47. The third-order valence-electron chi connectivity index (χ3n) is 4.48. The lowest BCUT2D eigenvalue weighted by Crippen LogP contribution is -2.28. The van der Waals surface area contributed by atoms with Crippen LogP contribution in [0.4, 0.5) is 10.7 Å². The van der Waals surface area contributed by atoms with E-state index in [-0.39, 0.29) is 12.0 Å². The SMILES string of the molecule is CCNC(=O)Nc1nc2cc(-c3cccnc3)cc(-c3cnc(C)n3C)n2n1. The molecule has 0 bridgehead atoms. The molecule has 4 aromatic heterocycles. The molecule has 4 aromatic rings. The van der Waals surface area contributed by atoms with Gasteiger partial charge in [0.2, 0.25) is 0 Å². The lowest BCUT2D eigenvalue weighted by molar-refractivity contribution is 0.252. The van der Waals surface area contributed by atoms with Crippen molar-refractivity contribution >= 4 is 17.6 Å². The first-order chi connectivity index (χ1) is 13.6. The molecule has 28 heavy (non-hydrogen) atoms. The first kappa shape index (κ1) is 17.7. The summed E-state index contributed by atoms with van der Waals surface area (Å²) in [6.07, 6.45) is 5.34. The number of hydrogen-bond acceptors (Lipinski definition) is 5. The lowest BCUT2D eigenvalue weighted by atomic mass is 10.1. The highest BCUT2D eigenvalue weighted by Gasteiger charge is 2.16. The number of hydrogen-bond donors (Lipinski definition) is 2. The van der Waals surface area contributed by atoms with Gasteiger partial charge in [-0.3, -0.25) is 10.3 Å². The molecule has 142 valence electrons. The van der Waals surface area contributed by atoms with Crippen molar-refractivity contribution in [3.8, 4) is 22.5 Å². The van der Waals surface area contributed by atoms with Crippen molar-refractivity contribution in [2.45, 2.75) is 13.8 Å². The van der Waals surface area contributed by atoms with Crippen molar-refractivity contribution in [2.75, 3.05) is 11.9 Å². The summed E-state index contributed by atoms with van der Waals surface area (Å²) in [6.45, 7) is 4.30. The van der Waals surface area contributed by atoms with Gasteiger partial charge in [-0.05, 0) is 37.6 Å². The maximum Gasteiger partial charge on any atom is 0.321 e. The Hall–Kier alpha value is -3.75. The number of carbonyl (C=O) groups is 1. The second-order valence-corrected chi connectivity index (χ2v) is 6.31. The van der Waals surface area contributed by atoms with Crippen molar-refractivity contribution < 1.29 is 4.79 Å². The molecule has 4 heterocycles. The molecule has 0 fully saturated rings. The molecule has 0 saturated heterocycles. The van der Waals surface area contributed by atoms with Crippen LogP contribution < -0.4 is 10.6 Å². The van der Waals surface area contributed by atoms with Crippen LogP contribution in [0.5, 0.6) is 0 Å². The van der Waals surface area contributed by atoms with E-state index in [9.17, 15) is 4.79 Å². The fraction of sp³-hybridized carbons (Fsp3) is 0.211. The fourth-order valence-corrected chi connectivity index (χ4v) is 2.97. The van der Waals surface area contributed by atoms with E-state index in [0.29, 0.717) is 12.2 Å². The summed E-state index contributed by atoms with van der Waals surface area (Å²) in [4.78, 5) is 24.9. The molecule has 0 saturated carbocycles. The number of aryl methyl sites for hydroxylation is 1. The van der Waals surface area contributed by atoms with Gasteiger partial charge in [0.05, 0.1) is 17.6 Å². The topological polar surface area (TPSA) is 102 Å². The van der Waals surface area contributed by atoms with Crippen LogP contribution in [0.3, 0.4) is 0 Å². The Morgan fingerprint density at radius 1 is 1.18 bits per heavy atom. The van der Waals surface area contributed by atoms with E-state index in [2.05, 4.69) is 30.7 Å². The monoisotopic (exact) mass is 376 g/mol. The van der Waals surface area contributed by atoms with E-state index in [1.165, 1.54) is 0 Å². The smallest absolute Gasteiger partial charge is 0.321 e. The molecule has 0 aliphatic carbocycles. The minimum Gasteiger partial charge on any atom is -0.338 e. The summed E-state index contributed by atoms with van der Waals surface area (Å²) in [5.41, 5.74) is 4.23. The zero-order valence-corrected chi connectivity index (χ0v) is 15.8. The van der Waals surface area contributed by atoms with E-state index >= 15 is 0 Å². The Morgan fingerprint density at radius 3 is 2.71 bits per heavy atom. The van der Waals surface area contributed by atoms with Gasteiger partial charge in [0.15, 0.2) is 5.65 Å². The normalized spacial score (nSPS) is 11.0. The molecule has 0 aliphatic rings. The van der Waals surface area contributed by atoms with Crippen LogP contribution in [0, 0.1) is 6.92 Å². The second-order valence-electron chi connectivity index (χ2n) is 6.31. The summed E-state index contributed by atoms with van der Waals surface area (Å²) >= 11 is 0. The standard InChI is InChI=1S/C19H20N8O/c1-4-21-19(28)24-18-23-17-9-14(13-6-5-7-20-10-13)8-15(27(17)25-18)16-11-22-12(2)26(16)3/h5-11H,4H2,1-3H3,(H2,21,24,25,28). The highest BCUT2D eigenvalue weighted by Crippen LogP contribution is 2.28. The predicted molar refractivity (Wildman–Crippen MR) is 106 cm³/mol. The fourth-order valence-electron chi connectivity index (χ4n) is 2.97. The molecular formula is C19H20N8O. The van der Waals surface area contributed by atoms with E-state index in [1.54, 1.807) is 23.1 Å². The maximum atomic E-state index is 11.9. The minimum absolute atomic E-state index is 0.231. The van der Waals surface area contributed by atoms with Crippen molar-refractivity contribution in [3.63, 3.8) is 0 Å². The molecule has 2 amide bonds. The van der Waals surface area contributed by atoms with Crippen LogP contribution in [-0.2, 0) is 7.05 Å². The third kappa shape index (κ3) is 3.18. The van der Waals surface area contributed by atoms with Gasteiger partial charge in [-0.15, -0.1) is 5.10 Å². The van der Waals surface area contributed by atoms with Crippen LogP contribution in [0.15, 0.2) is 42.9 Å². The first-order valence-electron chi connectivity index (χ1n) is 8.91. The molecule has 4 rings (SSSR count). The molecule has 0 radical (unpaired) electrons. The Labute approximate surface area is 161 Å². The average molecular weight is 376 g/mol. The van der Waals surface area contributed by atoms with Crippen LogP contribution >= 0.6 is 0 Å². The highest BCUT2D eigenvalue weighted by atomic mass is 16.2. The zero-order chi connectivity index (χ0) is 19.7. The molecule has 0 aliphatic heterocycles. The quantitative estimate of drug-likeness (QED) is 0.570. The van der Waals surface area contributed by atoms with Crippen LogP contribution in [0.25, 0.3) is 28.2 Å². The lowest BCUT2D eigenvalue weighted by Gasteiger charge is -2.09. The summed E-state index contributed by atoms with van der Waals surface area (Å²) in [7, 11) is 1.95. The molecule has 2 N–H and O–H groups in total. The number of rotatable bonds is 4. The van der Waals surface area contributed by atoms with Gasteiger partial charge in [-0.25, -0.2) is 14.3 Å². The van der Waals surface area contributed by atoms with E-state index in [0.717, 1.165) is 28.3 Å². The van der Waals surface area contributed by atoms with E-state index in [4.69, 9.17) is 0 Å². The summed E-state index contributed by atoms with van der Waals surface area (Å²) < 4.78 is 3.69. The molecule has 0 aromatic carbocycles. The van der Waals surface area contributed by atoms with E-state index in [1.807, 2.05) is 49.7 Å². The molecule has 9 nitrogen and oxygen atoms in total. The highest BCUT2D eigenvalue weighted by molar-refractivity contribution is 5.87. The van der Waals surface area contributed by atoms with Gasteiger partial charge in [-0.2, -0.15) is 4.98 Å². The Kier molecular flexibility index (Phi) is 4.48. The van der Waals surface area contributed by atoms with Crippen molar-refractivity contribution in [1.82, 2.24) is 34.4 Å². The number of nitrogens with zero attached hydrogens (tertiary/aromatic N) is 6.